The maximum absolute atomic E-state index is 12.4. The van der Waals surface area contributed by atoms with Crippen molar-refractivity contribution >= 4 is 17.8 Å². The molecule has 6 heteroatoms. The van der Waals surface area contributed by atoms with E-state index in [1.165, 1.54) is 0 Å². The first kappa shape index (κ1) is 13.6. The Hall–Kier alpha value is -2.37. The van der Waals surface area contributed by atoms with Gasteiger partial charge in [0.2, 0.25) is 11.8 Å². The van der Waals surface area contributed by atoms with Crippen molar-refractivity contribution in [3.05, 3.63) is 35.9 Å². The molecule has 2 heterocycles. The lowest BCUT2D eigenvalue weighted by molar-refractivity contribution is -0.136. The molecule has 3 rings (SSSR count). The zero-order valence-electron chi connectivity index (χ0n) is 11.6. The third kappa shape index (κ3) is 2.74. The lowest BCUT2D eigenvalue weighted by Gasteiger charge is -2.29. The molecule has 2 aliphatic rings. The van der Waals surface area contributed by atoms with Crippen LogP contribution < -0.4 is 5.32 Å². The van der Waals surface area contributed by atoms with E-state index >= 15 is 0 Å². The summed E-state index contributed by atoms with van der Waals surface area (Å²) in [4.78, 5) is 38.8. The molecule has 1 N–H and O–H groups in total. The van der Waals surface area contributed by atoms with E-state index in [2.05, 4.69) is 5.32 Å². The molecule has 0 aliphatic carbocycles. The molecule has 1 unspecified atom stereocenters. The number of carbonyl (C=O) groups excluding carboxylic acids is 3. The Balaban J connectivity index is 1.66. The highest BCUT2D eigenvalue weighted by atomic mass is 16.2. The molecule has 6 nitrogen and oxygen atoms in total. The zero-order valence-corrected chi connectivity index (χ0v) is 11.6. The van der Waals surface area contributed by atoms with Gasteiger partial charge in [0.25, 0.3) is 0 Å². The molecule has 1 aromatic carbocycles. The summed E-state index contributed by atoms with van der Waals surface area (Å²) < 4.78 is 0. The summed E-state index contributed by atoms with van der Waals surface area (Å²) in [7, 11) is 0. The standard InChI is InChI=1S/C15H17N3O3/c19-13-7-6-12(14(20)16-13)18-9-8-17(15(18)21)10-11-4-2-1-3-5-11/h1-5,12H,6-10H2,(H,16,19,20). The lowest BCUT2D eigenvalue weighted by atomic mass is 10.1. The van der Waals surface area contributed by atoms with Gasteiger partial charge in [0.05, 0.1) is 0 Å². The molecule has 21 heavy (non-hydrogen) atoms. The van der Waals surface area contributed by atoms with Gasteiger partial charge in [-0.25, -0.2) is 4.79 Å². The van der Waals surface area contributed by atoms with Crippen molar-refractivity contribution < 1.29 is 14.4 Å². The Morgan fingerprint density at radius 1 is 1.10 bits per heavy atom. The van der Waals surface area contributed by atoms with Gasteiger partial charge in [-0.05, 0) is 12.0 Å². The van der Waals surface area contributed by atoms with Crippen LogP contribution in [-0.4, -0.2) is 46.8 Å². The van der Waals surface area contributed by atoms with Crippen LogP contribution in [0.2, 0.25) is 0 Å². The normalized spacial score (nSPS) is 22.7. The van der Waals surface area contributed by atoms with Gasteiger partial charge < -0.3 is 9.80 Å². The Kier molecular flexibility index (Phi) is 3.60. The maximum atomic E-state index is 12.4. The molecule has 0 spiro atoms. The Morgan fingerprint density at radius 3 is 2.57 bits per heavy atom. The minimum atomic E-state index is -0.518. The fraction of sp³-hybridized carbons (Fsp3) is 0.400. The zero-order chi connectivity index (χ0) is 14.8. The van der Waals surface area contributed by atoms with Crippen molar-refractivity contribution in [2.45, 2.75) is 25.4 Å². The molecule has 0 aromatic heterocycles. The van der Waals surface area contributed by atoms with Crippen LogP contribution >= 0.6 is 0 Å². The Labute approximate surface area is 122 Å². The molecule has 0 radical (unpaired) electrons. The second-order valence-electron chi connectivity index (χ2n) is 5.35. The highest BCUT2D eigenvalue weighted by Crippen LogP contribution is 2.20. The van der Waals surface area contributed by atoms with Gasteiger partial charge in [-0.2, -0.15) is 0 Å². The highest BCUT2D eigenvalue weighted by Gasteiger charge is 2.39. The van der Waals surface area contributed by atoms with Gasteiger partial charge >= 0.3 is 6.03 Å². The fourth-order valence-corrected chi connectivity index (χ4v) is 2.82. The van der Waals surface area contributed by atoms with Gasteiger partial charge in [0, 0.05) is 26.1 Å². The number of hydrogen-bond acceptors (Lipinski definition) is 3. The van der Waals surface area contributed by atoms with E-state index in [0.717, 1.165) is 5.56 Å². The number of nitrogens with one attached hydrogen (secondary N) is 1. The summed E-state index contributed by atoms with van der Waals surface area (Å²) in [6, 6.07) is 9.11. The number of amides is 4. The van der Waals surface area contributed by atoms with E-state index in [-0.39, 0.29) is 17.8 Å². The molecule has 0 bridgehead atoms. The molecular weight excluding hydrogens is 270 g/mol. The largest absolute Gasteiger partial charge is 0.321 e. The summed E-state index contributed by atoms with van der Waals surface area (Å²) in [5, 5.41) is 2.30. The van der Waals surface area contributed by atoms with E-state index < -0.39 is 6.04 Å². The van der Waals surface area contributed by atoms with Crippen molar-refractivity contribution in [3.63, 3.8) is 0 Å². The molecule has 2 fully saturated rings. The third-order valence-electron chi connectivity index (χ3n) is 3.93. The molecule has 0 saturated carbocycles. The molecule has 2 saturated heterocycles. The second kappa shape index (κ2) is 5.55. The molecule has 2 aliphatic heterocycles. The van der Waals surface area contributed by atoms with E-state index in [4.69, 9.17) is 0 Å². The van der Waals surface area contributed by atoms with Crippen molar-refractivity contribution in [2.75, 3.05) is 13.1 Å². The van der Waals surface area contributed by atoms with E-state index in [0.29, 0.717) is 32.5 Å². The first-order chi connectivity index (χ1) is 10.1. The van der Waals surface area contributed by atoms with E-state index in [9.17, 15) is 14.4 Å². The summed E-state index contributed by atoms with van der Waals surface area (Å²) in [6.45, 7) is 1.67. The number of nitrogens with zero attached hydrogens (tertiary/aromatic N) is 2. The van der Waals surface area contributed by atoms with Crippen molar-refractivity contribution in [1.82, 2.24) is 15.1 Å². The van der Waals surface area contributed by atoms with Crippen LogP contribution in [0.4, 0.5) is 4.79 Å². The highest BCUT2D eigenvalue weighted by molar-refractivity contribution is 6.01. The van der Waals surface area contributed by atoms with Gasteiger partial charge in [0.15, 0.2) is 0 Å². The number of piperidine rings is 1. The SMILES string of the molecule is O=C1CCC(N2CCN(Cc3ccccc3)C2=O)C(=O)N1. The molecule has 1 atom stereocenters. The summed E-state index contributed by atoms with van der Waals surface area (Å²) >= 11 is 0. The number of benzene rings is 1. The smallest absolute Gasteiger partial charge is 0.319 e. The predicted molar refractivity (Wildman–Crippen MR) is 75.1 cm³/mol. The van der Waals surface area contributed by atoms with Crippen LogP contribution in [0.3, 0.4) is 0 Å². The molecule has 1 aromatic rings. The predicted octanol–water partition coefficient (Wildman–Crippen LogP) is 0.729. The monoisotopic (exact) mass is 287 g/mol. The maximum Gasteiger partial charge on any atom is 0.321 e. The molecular formula is C15H17N3O3. The Morgan fingerprint density at radius 2 is 1.86 bits per heavy atom. The van der Waals surface area contributed by atoms with Crippen molar-refractivity contribution in [2.24, 2.45) is 0 Å². The quantitative estimate of drug-likeness (QED) is 0.833. The lowest BCUT2D eigenvalue weighted by Crippen LogP contribution is -2.53. The van der Waals surface area contributed by atoms with Gasteiger partial charge in [-0.15, -0.1) is 0 Å². The van der Waals surface area contributed by atoms with Gasteiger partial charge in [0.1, 0.15) is 6.04 Å². The average Bonchev–Trinajstić information content (AvgIpc) is 2.82. The number of rotatable bonds is 3. The Bertz CT molecular complexity index is 573. The van der Waals surface area contributed by atoms with Crippen LogP contribution in [-0.2, 0) is 16.1 Å². The second-order valence-corrected chi connectivity index (χ2v) is 5.35. The van der Waals surface area contributed by atoms with Crippen LogP contribution in [0.5, 0.6) is 0 Å². The minimum Gasteiger partial charge on any atom is -0.319 e. The van der Waals surface area contributed by atoms with E-state index in [1.54, 1.807) is 9.80 Å². The first-order valence-corrected chi connectivity index (χ1v) is 7.08. The van der Waals surface area contributed by atoms with Gasteiger partial charge in [-0.3, -0.25) is 14.9 Å². The summed E-state index contributed by atoms with van der Waals surface area (Å²) in [5.41, 5.74) is 1.07. The number of carbonyl (C=O) groups is 3. The number of hydrogen-bond donors (Lipinski definition) is 1. The molecule has 4 amide bonds. The van der Waals surface area contributed by atoms with Crippen LogP contribution in [0.15, 0.2) is 30.3 Å². The summed E-state index contributed by atoms with van der Waals surface area (Å²) in [5.74, 6) is -0.620. The fourth-order valence-electron chi connectivity index (χ4n) is 2.82. The van der Waals surface area contributed by atoms with Crippen molar-refractivity contribution in [1.29, 1.82) is 0 Å². The van der Waals surface area contributed by atoms with Crippen LogP contribution in [0.1, 0.15) is 18.4 Å². The first-order valence-electron chi connectivity index (χ1n) is 7.08. The average molecular weight is 287 g/mol. The van der Waals surface area contributed by atoms with Crippen LogP contribution in [0.25, 0.3) is 0 Å². The number of urea groups is 1. The number of imide groups is 1. The minimum absolute atomic E-state index is 0.131. The third-order valence-corrected chi connectivity index (χ3v) is 3.93. The molecule has 110 valence electrons. The topological polar surface area (TPSA) is 69.7 Å². The van der Waals surface area contributed by atoms with E-state index in [1.807, 2.05) is 30.3 Å². The van der Waals surface area contributed by atoms with Crippen LogP contribution in [0, 0.1) is 0 Å². The van der Waals surface area contributed by atoms with Crippen molar-refractivity contribution in [3.8, 4) is 0 Å². The van der Waals surface area contributed by atoms with Gasteiger partial charge in [-0.1, -0.05) is 30.3 Å². The summed E-state index contributed by atoms with van der Waals surface area (Å²) in [6.07, 6.45) is 0.703.